The van der Waals surface area contributed by atoms with Crippen LogP contribution in [0.2, 0.25) is 0 Å². The lowest BCUT2D eigenvalue weighted by Gasteiger charge is -2.27. The summed E-state index contributed by atoms with van der Waals surface area (Å²) < 4.78 is 0. The molecule has 0 spiro atoms. The Morgan fingerprint density at radius 2 is 1.88 bits per heavy atom. The maximum atomic E-state index is 11.8. The zero-order chi connectivity index (χ0) is 12.9. The van der Waals surface area contributed by atoms with Crippen molar-refractivity contribution in [1.29, 1.82) is 0 Å². The van der Waals surface area contributed by atoms with E-state index < -0.39 is 6.04 Å². The third-order valence-electron chi connectivity index (χ3n) is 2.61. The van der Waals surface area contributed by atoms with E-state index in [0.29, 0.717) is 0 Å². The van der Waals surface area contributed by atoms with E-state index in [-0.39, 0.29) is 17.4 Å². The third-order valence-corrected chi connectivity index (χ3v) is 2.61. The second-order valence-electron chi connectivity index (χ2n) is 5.85. The minimum Gasteiger partial charge on any atom is -0.352 e. The Labute approximate surface area is 99.6 Å². The number of rotatable bonds is 5. The summed E-state index contributed by atoms with van der Waals surface area (Å²) in [4.78, 5) is 13.9. The molecule has 0 aromatic carbocycles. The third kappa shape index (κ3) is 6.08. The van der Waals surface area contributed by atoms with Gasteiger partial charge in [0.15, 0.2) is 0 Å². The van der Waals surface area contributed by atoms with Gasteiger partial charge in [0.2, 0.25) is 5.91 Å². The fourth-order valence-electron chi connectivity index (χ4n) is 1.25. The second kappa shape index (κ2) is 6.21. The van der Waals surface area contributed by atoms with Crippen LogP contribution in [-0.4, -0.2) is 43.5 Å². The SMILES string of the molecule is CC(CCN(C)C)NC(=O)[C@H](N)C(C)(C)C. The van der Waals surface area contributed by atoms with Crippen molar-refractivity contribution in [3.05, 3.63) is 0 Å². The van der Waals surface area contributed by atoms with Gasteiger partial charge in [0.1, 0.15) is 0 Å². The number of nitrogens with zero attached hydrogens (tertiary/aromatic N) is 1. The molecule has 0 heterocycles. The van der Waals surface area contributed by atoms with Crippen LogP contribution < -0.4 is 11.1 Å². The van der Waals surface area contributed by atoms with Crippen LogP contribution in [0.5, 0.6) is 0 Å². The van der Waals surface area contributed by atoms with Crippen molar-refractivity contribution < 1.29 is 4.79 Å². The fraction of sp³-hybridized carbons (Fsp3) is 0.917. The van der Waals surface area contributed by atoms with E-state index in [1.54, 1.807) is 0 Å². The first-order chi connectivity index (χ1) is 7.14. The van der Waals surface area contributed by atoms with Crippen LogP contribution in [0, 0.1) is 5.41 Å². The maximum absolute atomic E-state index is 11.8. The van der Waals surface area contributed by atoms with Crippen molar-refractivity contribution >= 4 is 5.91 Å². The first-order valence-corrected chi connectivity index (χ1v) is 5.85. The lowest BCUT2D eigenvalue weighted by molar-refractivity contribution is -0.125. The van der Waals surface area contributed by atoms with Crippen LogP contribution in [-0.2, 0) is 4.79 Å². The summed E-state index contributed by atoms with van der Waals surface area (Å²) in [6, 6.07) is -0.280. The highest BCUT2D eigenvalue weighted by Gasteiger charge is 2.27. The van der Waals surface area contributed by atoms with Crippen LogP contribution >= 0.6 is 0 Å². The lowest BCUT2D eigenvalue weighted by atomic mass is 9.87. The molecule has 96 valence electrons. The molecule has 0 rings (SSSR count). The van der Waals surface area contributed by atoms with Crippen LogP contribution in [0.1, 0.15) is 34.1 Å². The summed E-state index contributed by atoms with van der Waals surface area (Å²) >= 11 is 0. The molecule has 0 aliphatic carbocycles. The van der Waals surface area contributed by atoms with E-state index in [1.807, 2.05) is 41.8 Å². The molecule has 3 N–H and O–H groups in total. The number of nitrogens with one attached hydrogen (secondary N) is 1. The van der Waals surface area contributed by atoms with Crippen molar-refractivity contribution in [3.8, 4) is 0 Å². The average molecular weight is 229 g/mol. The minimum absolute atomic E-state index is 0.0567. The van der Waals surface area contributed by atoms with Crippen molar-refractivity contribution in [3.63, 3.8) is 0 Å². The first kappa shape index (κ1) is 15.4. The molecule has 0 radical (unpaired) electrons. The first-order valence-electron chi connectivity index (χ1n) is 5.85. The van der Waals surface area contributed by atoms with Gasteiger partial charge in [-0.15, -0.1) is 0 Å². The summed E-state index contributed by atoms with van der Waals surface area (Å²) in [6.45, 7) is 8.90. The Morgan fingerprint density at radius 1 is 1.38 bits per heavy atom. The standard InChI is InChI=1S/C12H27N3O/c1-9(7-8-15(5)6)14-11(16)10(13)12(2,3)4/h9-10H,7-8,13H2,1-6H3,(H,14,16)/t9?,10-/m0/s1. The number of hydrogen-bond donors (Lipinski definition) is 2. The summed E-state index contributed by atoms with van der Waals surface area (Å²) in [7, 11) is 4.05. The summed E-state index contributed by atoms with van der Waals surface area (Å²) in [6.07, 6.45) is 0.940. The normalized spacial score (nSPS) is 16.0. The van der Waals surface area contributed by atoms with Gasteiger partial charge in [-0.3, -0.25) is 4.79 Å². The molecule has 4 nitrogen and oxygen atoms in total. The molecule has 0 aliphatic rings. The molecule has 0 bridgehead atoms. The number of carbonyl (C=O) groups excluding carboxylic acids is 1. The van der Waals surface area contributed by atoms with Gasteiger partial charge in [0.25, 0.3) is 0 Å². The predicted molar refractivity (Wildman–Crippen MR) is 68.2 cm³/mol. The largest absolute Gasteiger partial charge is 0.352 e. The summed E-state index contributed by atoms with van der Waals surface area (Å²) in [5, 5.41) is 2.95. The topological polar surface area (TPSA) is 58.4 Å². The highest BCUT2D eigenvalue weighted by molar-refractivity contribution is 5.82. The maximum Gasteiger partial charge on any atom is 0.237 e. The minimum atomic E-state index is -0.450. The Bertz CT molecular complexity index is 221. The Balaban J connectivity index is 4.05. The van der Waals surface area contributed by atoms with E-state index in [9.17, 15) is 4.79 Å². The van der Waals surface area contributed by atoms with Crippen LogP contribution in [0.3, 0.4) is 0 Å². The molecule has 0 saturated heterocycles. The van der Waals surface area contributed by atoms with Gasteiger partial charge in [-0.2, -0.15) is 0 Å². The highest BCUT2D eigenvalue weighted by Crippen LogP contribution is 2.17. The molecule has 1 amide bonds. The van der Waals surface area contributed by atoms with Gasteiger partial charge >= 0.3 is 0 Å². The van der Waals surface area contributed by atoms with E-state index in [4.69, 9.17) is 5.73 Å². The molecule has 0 aromatic rings. The predicted octanol–water partition coefficient (Wildman–Crippen LogP) is 0.816. The van der Waals surface area contributed by atoms with E-state index in [1.165, 1.54) is 0 Å². The molecular weight excluding hydrogens is 202 g/mol. The monoisotopic (exact) mass is 229 g/mol. The van der Waals surface area contributed by atoms with Gasteiger partial charge in [-0.1, -0.05) is 20.8 Å². The molecule has 1 unspecified atom stereocenters. The zero-order valence-corrected chi connectivity index (χ0v) is 11.5. The zero-order valence-electron chi connectivity index (χ0n) is 11.5. The summed E-state index contributed by atoms with van der Waals surface area (Å²) in [5.74, 6) is -0.0567. The van der Waals surface area contributed by atoms with E-state index in [0.717, 1.165) is 13.0 Å². The molecule has 0 aromatic heterocycles. The fourth-order valence-corrected chi connectivity index (χ4v) is 1.25. The number of hydrogen-bond acceptors (Lipinski definition) is 3. The lowest BCUT2D eigenvalue weighted by Crippen LogP contribution is -2.51. The quantitative estimate of drug-likeness (QED) is 0.733. The average Bonchev–Trinajstić information content (AvgIpc) is 2.11. The molecular formula is C12H27N3O. The van der Waals surface area contributed by atoms with Crippen molar-refractivity contribution in [2.24, 2.45) is 11.1 Å². The molecule has 0 fully saturated rings. The second-order valence-corrected chi connectivity index (χ2v) is 5.85. The van der Waals surface area contributed by atoms with Crippen LogP contribution in [0.4, 0.5) is 0 Å². The number of carbonyl (C=O) groups is 1. The van der Waals surface area contributed by atoms with Gasteiger partial charge in [-0.25, -0.2) is 0 Å². The molecule has 0 aliphatic heterocycles. The Morgan fingerprint density at radius 3 is 2.25 bits per heavy atom. The number of amides is 1. The van der Waals surface area contributed by atoms with E-state index in [2.05, 4.69) is 10.2 Å². The molecule has 0 saturated carbocycles. The van der Waals surface area contributed by atoms with Crippen LogP contribution in [0.15, 0.2) is 0 Å². The Hall–Kier alpha value is -0.610. The van der Waals surface area contributed by atoms with Gasteiger partial charge in [0, 0.05) is 6.04 Å². The molecule has 2 atom stereocenters. The number of nitrogens with two attached hydrogens (primary N) is 1. The van der Waals surface area contributed by atoms with Gasteiger partial charge in [0.05, 0.1) is 6.04 Å². The van der Waals surface area contributed by atoms with Gasteiger partial charge < -0.3 is 16.0 Å². The molecule has 4 heteroatoms. The van der Waals surface area contributed by atoms with E-state index >= 15 is 0 Å². The van der Waals surface area contributed by atoms with Crippen molar-refractivity contribution in [2.75, 3.05) is 20.6 Å². The van der Waals surface area contributed by atoms with Gasteiger partial charge in [-0.05, 0) is 39.4 Å². The summed E-state index contributed by atoms with van der Waals surface area (Å²) in [5.41, 5.74) is 5.69. The van der Waals surface area contributed by atoms with Crippen molar-refractivity contribution in [1.82, 2.24) is 10.2 Å². The van der Waals surface area contributed by atoms with Crippen LogP contribution in [0.25, 0.3) is 0 Å². The molecule has 16 heavy (non-hydrogen) atoms. The highest BCUT2D eigenvalue weighted by atomic mass is 16.2. The van der Waals surface area contributed by atoms with Crippen molar-refractivity contribution in [2.45, 2.75) is 46.2 Å². The Kier molecular flexibility index (Phi) is 5.97. The smallest absolute Gasteiger partial charge is 0.237 e.